The third kappa shape index (κ3) is 4.44. The summed E-state index contributed by atoms with van der Waals surface area (Å²) in [4.78, 5) is 5.48. The average molecular weight is 405 g/mol. The number of rotatable bonds is 5. The van der Waals surface area contributed by atoms with Crippen LogP contribution in [0, 0.1) is 29.6 Å². The summed E-state index contributed by atoms with van der Waals surface area (Å²) in [5.41, 5.74) is 0.398. The van der Waals surface area contributed by atoms with Crippen molar-refractivity contribution in [3.05, 3.63) is 0 Å². The number of hydrogen-bond donors (Lipinski definition) is 1. The van der Waals surface area contributed by atoms with Crippen LogP contribution in [0.4, 0.5) is 0 Å². The van der Waals surface area contributed by atoms with Gasteiger partial charge in [0.05, 0.1) is 6.04 Å². The molecule has 2 bridgehead atoms. The monoisotopic (exact) mass is 404 g/mol. The largest absolute Gasteiger partial charge is 0.359 e. The van der Waals surface area contributed by atoms with Crippen LogP contribution < -0.4 is 5.32 Å². The van der Waals surface area contributed by atoms with Crippen LogP contribution in [-0.4, -0.2) is 23.0 Å². The summed E-state index contributed by atoms with van der Waals surface area (Å²) in [6.45, 7) is 4.85. The number of nitrogens with one attached hydrogen (secondary N) is 1. The van der Waals surface area contributed by atoms with Gasteiger partial charge < -0.3 is 5.32 Å². The van der Waals surface area contributed by atoms with Crippen LogP contribution in [0.3, 0.4) is 0 Å². The van der Waals surface area contributed by atoms with Crippen LogP contribution in [0.1, 0.15) is 104 Å². The molecule has 1 N–H and O–H groups in total. The zero-order valence-corrected chi connectivity index (χ0v) is 19.5. The van der Waals surface area contributed by atoms with Gasteiger partial charge in [-0.05, 0) is 80.8 Å². The fourth-order valence-corrected chi connectivity index (χ4v) is 7.97. The lowest BCUT2D eigenvalue weighted by atomic mass is 9.64. The molecule has 2 unspecified atom stereocenters. The van der Waals surface area contributed by atoms with Crippen LogP contribution in [0.25, 0.3) is 0 Å². The molecule has 4 fully saturated rings. The highest BCUT2D eigenvalue weighted by Crippen LogP contribution is 2.48. The normalized spacial score (nSPS) is 42.1. The number of thioether (sulfide) groups is 1. The molecule has 4 aliphatic rings. The van der Waals surface area contributed by atoms with E-state index in [1.165, 1.54) is 95.1 Å². The molecule has 0 aromatic heterocycles. The van der Waals surface area contributed by atoms with Gasteiger partial charge in [-0.15, -0.1) is 0 Å². The van der Waals surface area contributed by atoms with Gasteiger partial charge in [-0.3, -0.25) is 4.99 Å². The Morgan fingerprint density at radius 1 is 0.929 bits per heavy atom. The van der Waals surface area contributed by atoms with Crippen LogP contribution in [-0.2, 0) is 0 Å². The van der Waals surface area contributed by atoms with Crippen LogP contribution in [0.15, 0.2) is 4.99 Å². The highest BCUT2D eigenvalue weighted by molar-refractivity contribution is 8.13. The van der Waals surface area contributed by atoms with E-state index in [2.05, 4.69) is 25.4 Å². The summed E-state index contributed by atoms with van der Waals surface area (Å²) >= 11 is 1.88. The maximum absolute atomic E-state index is 5.48. The number of aliphatic imine (C=N–C) groups is 1. The van der Waals surface area contributed by atoms with Crippen molar-refractivity contribution in [2.24, 2.45) is 34.6 Å². The SMILES string of the molecule is CCC1CC(C2CCCCC2)CC(CC)C1N=C(NC12CCC(CC1)C2)SC. The highest BCUT2D eigenvalue weighted by atomic mass is 32.2. The van der Waals surface area contributed by atoms with Crippen molar-refractivity contribution < 1.29 is 0 Å². The van der Waals surface area contributed by atoms with Gasteiger partial charge in [0.1, 0.15) is 0 Å². The molecule has 0 spiro atoms. The van der Waals surface area contributed by atoms with E-state index < -0.39 is 0 Å². The van der Waals surface area contributed by atoms with Crippen LogP contribution in [0.5, 0.6) is 0 Å². The minimum atomic E-state index is 0.398. The number of hydrogen-bond acceptors (Lipinski definition) is 2. The molecule has 0 radical (unpaired) electrons. The summed E-state index contributed by atoms with van der Waals surface area (Å²) in [6, 6.07) is 0.555. The molecule has 0 aromatic carbocycles. The Kier molecular flexibility index (Phi) is 7.01. The Morgan fingerprint density at radius 3 is 2.07 bits per heavy atom. The van der Waals surface area contributed by atoms with Crippen molar-refractivity contribution in [3.63, 3.8) is 0 Å². The number of amidine groups is 1. The van der Waals surface area contributed by atoms with E-state index in [4.69, 9.17) is 4.99 Å². The molecule has 2 nitrogen and oxygen atoms in total. The molecule has 4 rings (SSSR count). The molecule has 0 saturated heterocycles. The highest BCUT2D eigenvalue weighted by Gasteiger charge is 2.45. The van der Waals surface area contributed by atoms with Gasteiger partial charge in [0.15, 0.2) is 5.17 Å². The Bertz CT molecular complexity index is 517. The van der Waals surface area contributed by atoms with E-state index in [9.17, 15) is 0 Å². The Morgan fingerprint density at radius 2 is 1.57 bits per heavy atom. The zero-order chi connectivity index (χ0) is 19.6. The predicted molar refractivity (Wildman–Crippen MR) is 124 cm³/mol. The topological polar surface area (TPSA) is 24.4 Å². The van der Waals surface area contributed by atoms with Crippen LogP contribution >= 0.6 is 11.8 Å². The Labute approximate surface area is 178 Å². The molecule has 0 amide bonds. The first-order valence-corrected chi connectivity index (χ1v) is 13.8. The lowest BCUT2D eigenvalue weighted by Gasteiger charge is -2.44. The van der Waals surface area contributed by atoms with Gasteiger partial charge >= 0.3 is 0 Å². The van der Waals surface area contributed by atoms with Crippen molar-refractivity contribution in [2.45, 2.75) is 115 Å². The van der Waals surface area contributed by atoms with Gasteiger partial charge in [-0.2, -0.15) is 0 Å². The second-order valence-corrected chi connectivity index (χ2v) is 11.4. The molecule has 2 atom stereocenters. The lowest BCUT2D eigenvalue weighted by Crippen LogP contribution is -2.45. The average Bonchev–Trinajstić information content (AvgIpc) is 3.34. The van der Waals surface area contributed by atoms with E-state index in [0.717, 1.165) is 29.6 Å². The second kappa shape index (κ2) is 9.31. The van der Waals surface area contributed by atoms with Crippen molar-refractivity contribution >= 4 is 16.9 Å². The van der Waals surface area contributed by atoms with Gasteiger partial charge in [0.2, 0.25) is 0 Å². The fraction of sp³-hybridized carbons (Fsp3) is 0.960. The van der Waals surface area contributed by atoms with E-state index in [1.54, 1.807) is 0 Å². The standard InChI is InChI=1S/C25H44N2S/c1-4-19-15-22(21-9-7-6-8-10-21)16-20(5-2)23(19)26-24(28-3)27-25-13-11-18(17-25)12-14-25/h18-23H,4-17H2,1-3H3,(H,26,27). The number of nitrogens with zero attached hydrogens (tertiary/aromatic N) is 1. The van der Waals surface area contributed by atoms with Crippen LogP contribution in [0.2, 0.25) is 0 Å². The first-order chi connectivity index (χ1) is 13.7. The van der Waals surface area contributed by atoms with Gasteiger partial charge in [0.25, 0.3) is 0 Å². The molecule has 28 heavy (non-hydrogen) atoms. The number of fused-ring (bicyclic) bond motifs is 2. The van der Waals surface area contributed by atoms with Crippen molar-refractivity contribution in [2.75, 3.05) is 6.26 Å². The summed E-state index contributed by atoms with van der Waals surface area (Å²) < 4.78 is 0. The second-order valence-electron chi connectivity index (χ2n) is 10.6. The smallest absolute Gasteiger partial charge is 0.156 e. The lowest BCUT2D eigenvalue weighted by molar-refractivity contribution is 0.0961. The maximum atomic E-state index is 5.48. The van der Waals surface area contributed by atoms with Gasteiger partial charge in [-0.25, -0.2) is 0 Å². The van der Waals surface area contributed by atoms with Crippen molar-refractivity contribution in [3.8, 4) is 0 Å². The molecular weight excluding hydrogens is 360 g/mol. The van der Waals surface area contributed by atoms with E-state index in [0.29, 0.717) is 11.6 Å². The molecule has 4 aliphatic carbocycles. The quantitative estimate of drug-likeness (QED) is 0.392. The summed E-state index contributed by atoms with van der Waals surface area (Å²) in [5.74, 6) is 4.59. The van der Waals surface area contributed by atoms with E-state index in [-0.39, 0.29) is 0 Å². The van der Waals surface area contributed by atoms with Gasteiger partial charge in [-0.1, -0.05) is 70.6 Å². The van der Waals surface area contributed by atoms with E-state index in [1.807, 2.05) is 11.8 Å². The third-order valence-corrected chi connectivity index (χ3v) is 9.71. The summed E-state index contributed by atoms with van der Waals surface area (Å²) in [5, 5.41) is 5.26. The molecular formula is C25H44N2S. The Hall–Kier alpha value is -0.180. The molecule has 4 saturated carbocycles. The Balaban J connectivity index is 1.47. The summed E-state index contributed by atoms with van der Waals surface area (Å²) in [7, 11) is 0. The molecule has 3 heteroatoms. The maximum Gasteiger partial charge on any atom is 0.156 e. The molecule has 0 heterocycles. The first kappa shape index (κ1) is 21.1. The van der Waals surface area contributed by atoms with Crippen molar-refractivity contribution in [1.29, 1.82) is 0 Å². The third-order valence-electron chi connectivity index (χ3n) is 9.12. The summed E-state index contributed by atoms with van der Waals surface area (Å²) in [6.07, 6.45) is 22.2. The molecule has 160 valence electrons. The zero-order valence-electron chi connectivity index (χ0n) is 18.7. The molecule has 0 aromatic rings. The van der Waals surface area contributed by atoms with Crippen molar-refractivity contribution in [1.82, 2.24) is 5.32 Å². The minimum absolute atomic E-state index is 0.398. The van der Waals surface area contributed by atoms with E-state index >= 15 is 0 Å². The first-order valence-electron chi connectivity index (χ1n) is 12.6. The minimum Gasteiger partial charge on any atom is -0.359 e. The predicted octanol–water partition coefficient (Wildman–Crippen LogP) is 7.04. The fourth-order valence-electron chi connectivity index (χ4n) is 7.42. The molecule has 0 aliphatic heterocycles. The van der Waals surface area contributed by atoms with Gasteiger partial charge in [0, 0.05) is 5.54 Å².